The smallest absolute Gasteiger partial charge is 0.343 e. The number of carbonyl (C=O) groups excluding carboxylic acids is 2. The zero-order valence-corrected chi connectivity index (χ0v) is 20.1. The van der Waals surface area contributed by atoms with Gasteiger partial charge in [-0.3, -0.25) is 4.79 Å². The van der Waals surface area contributed by atoms with Crippen molar-refractivity contribution >= 4 is 39.6 Å². The molecule has 182 valence electrons. The van der Waals surface area contributed by atoms with Crippen LogP contribution in [0, 0.1) is 0 Å². The molecule has 5 rings (SSSR count). The first-order valence-electron chi connectivity index (χ1n) is 11.9. The van der Waals surface area contributed by atoms with Gasteiger partial charge in [-0.1, -0.05) is 78.9 Å². The maximum absolute atomic E-state index is 12.7. The topological polar surface area (TPSA) is 77.0 Å². The normalized spacial score (nSPS) is 11.9. The van der Waals surface area contributed by atoms with Gasteiger partial charge in [-0.25, -0.2) is 10.2 Å². The number of nitrogens with zero attached hydrogens (tertiary/aromatic N) is 1. The molecule has 1 atom stereocenters. The molecule has 1 N–H and O–H groups in total. The fourth-order valence-electron chi connectivity index (χ4n) is 3.98. The van der Waals surface area contributed by atoms with Crippen LogP contribution < -0.4 is 14.9 Å². The van der Waals surface area contributed by atoms with Crippen LogP contribution in [0.15, 0.2) is 114 Å². The van der Waals surface area contributed by atoms with Gasteiger partial charge in [-0.2, -0.15) is 5.10 Å². The number of amides is 1. The lowest BCUT2D eigenvalue weighted by atomic mass is 10.0. The van der Waals surface area contributed by atoms with E-state index in [-0.39, 0.29) is 0 Å². The van der Waals surface area contributed by atoms with Gasteiger partial charge in [-0.15, -0.1) is 0 Å². The highest BCUT2D eigenvalue weighted by molar-refractivity contribution is 6.04. The van der Waals surface area contributed by atoms with Crippen LogP contribution in [0.4, 0.5) is 0 Å². The Morgan fingerprint density at radius 1 is 0.784 bits per heavy atom. The molecule has 0 saturated carbocycles. The van der Waals surface area contributed by atoms with Crippen LogP contribution in [0.5, 0.6) is 11.5 Å². The van der Waals surface area contributed by atoms with Gasteiger partial charge in [0, 0.05) is 5.56 Å². The zero-order chi connectivity index (χ0) is 25.6. The van der Waals surface area contributed by atoms with Gasteiger partial charge in [0.1, 0.15) is 11.5 Å². The minimum atomic E-state index is -0.777. The number of fused-ring (bicyclic) bond motifs is 2. The number of esters is 1. The Hall–Kier alpha value is -4.97. The summed E-state index contributed by atoms with van der Waals surface area (Å²) in [6.07, 6.45) is 0.706. The monoisotopic (exact) mass is 488 g/mol. The van der Waals surface area contributed by atoms with E-state index in [2.05, 4.69) is 10.5 Å². The highest BCUT2D eigenvalue weighted by Crippen LogP contribution is 2.27. The van der Waals surface area contributed by atoms with E-state index < -0.39 is 18.0 Å². The van der Waals surface area contributed by atoms with Gasteiger partial charge in [0.15, 0.2) is 6.10 Å². The molecule has 6 nitrogen and oxygen atoms in total. The summed E-state index contributed by atoms with van der Waals surface area (Å²) in [6, 6.07) is 33.6. The molecule has 0 fully saturated rings. The van der Waals surface area contributed by atoms with Crippen LogP contribution in [0.1, 0.15) is 22.8 Å². The maximum Gasteiger partial charge on any atom is 0.343 e. The van der Waals surface area contributed by atoms with Crippen LogP contribution in [-0.2, 0) is 4.79 Å². The quantitative estimate of drug-likeness (QED) is 0.129. The van der Waals surface area contributed by atoms with Crippen LogP contribution in [0.3, 0.4) is 0 Å². The van der Waals surface area contributed by atoms with E-state index in [4.69, 9.17) is 9.47 Å². The lowest BCUT2D eigenvalue weighted by molar-refractivity contribution is -0.127. The Bertz CT molecular complexity index is 1610. The molecule has 0 aliphatic rings. The molecule has 0 radical (unpaired) electrons. The van der Waals surface area contributed by atoms with Crippen LogP contribution in [-0.4, -0.2) is 24.2 Å². The molecular weight excluding hydrogens is 464 g/mol. The SMILES string of the molecule is C[C@@H](Oc1ccc2ccccc2c1)C(=O)N/N=C\c1c(OC(=O)c2ccccc2)ccc2ccccc12. The summed E-state index contributed by atoms with van der Waals surface area (Å²) in [4.78, 5) is 25.4. The molecule has 0 saturated heterocycles. The lowest BCUT2D eigenvalue weighted by Crippen LogP contribution is -2.33. The van der Waals surface area contributed by atoms with Crippen molar-refractivity contribution in [3.05, 3.63) is 120 Å². The number of rotatable bonds is 7. The van der Waals surface area contributed by atoms with E-state index in [0.717, 1.165) is 21.5 Å². The number of hydrogen-bond acceptors (Lipinski definition) is 5. The zero-order valence-electron chi connectivity index (χ0n) is 20.1. The summed E-state index contributed by atoms with van der Waals surface area (Å²) in [5.74, 6) is 0.0416. The summed E-state index contributed by atoms with van der Waals surface area (Å²) >= 11 is 0. The Balaban J connectivity index is 1.32. The van der Waals surface area contributed by atoms with Gasteiger partial charge in [0.05, 0.1) is 11.8 Å². The second kappa shape index (κ2) is 10.7. The number of carbonyl (C=O) groups is 2. The standard InChI is InChI=1S/C31H24N2O4/c1-21(36-26-17-15-22-9-5-6-13-25(22)19-26)30(34)33-32-20-28-27-14-8-7-10-23(27)16-18-29(28)37-31(35)24-11-3-2-4-12-24/h2-21H,1H3,(H,33,34)/b32-20-/t21-/m1/s1. The highest BCUT2D eigenvalue weighted by Gasteiger charge is 2.16. The minimum absolute atomic E-state index is 0.339. The summed E-state index contributed by atoms with van der Waals surface area (Å²) in [7, 11) is 0. The third-order valence-corrected chi connectivity index (χ3v) is 5.91. The molecule has 0 unspecified atom stereocenters. The second-order valence-corrected chi connectivity index (χ2v) is 8.46. The van der Waals surface area contributed by atoms with Gasteiger partial charge in [-0.05, 0) is 58.8 Å². The minimum Gasteiger partial charge on any atom is -0.481 e. The average molecular weight is 489 g/mol. The van der Waals surface area contributed by atoms with Crippen molar-refractivity contribution in [2.45, 2.75) is 13.0 Å². The van der Waals surface area contributed by atoms with Crippen molar-refractivity contribution in [3.63, 3.8) is 0 Å². The Morgan fingerprint density at radius 2 is 1.46 bits per heavy atom. The lowest BCUT2D eigenvalue weighted by Gasteiger charge is -2.14. The molecular formula is C31H24N2O4. The molecule has 0 bridgehead atoms. The third-order valence-electron chi connectivity index (χ3n) is 5.91. The van der Waals surface area contributed by atoms with E-state index in [1.807, 2.05) is 78.9 Å². The predicted octanol–water partition coefficient (Wildman–Crippen LogP) is 6.13. The van der Waals surface area contributed by atoms with E-state index in [1.165, 1.54) is 6.21 Å². The fraction of sp³-hybridized carbons (Fsp3) is 0.0645. The number of hydrogen-bond donors (Lipinski definition) is 1. The summed E-state index contributed by atoms with van der Waals surface area (Å²) in [6.45, 7) is 1.66. The molecule has 0 heterocycles. The van der Waals surface area contributed by atoms with Crippen LogP contribution in [0.2, 0.25) is 0 Å². The summed E-state index contributed by atoms with van der Waals surface area (Å²) in [5.41, 5.74) is 3.54. The van der Waals surface area contributed by atoms with E-state index in [0.29, 0.717) is 22.6 Å². The van der Waals surface area contributed by atoms with Gasteiger partial charge in [0.25, 0.3) is 5.91 Å². The third kappa shape index (κ3) is 5.49. The molecule has 0 aromatic heterocycles. The van der Waals surface area contributed by atoms with Gasteiger partial charge < -0.3 is 9.47 Å². The molecule has 37 heavy (non-hydrogen) atoms. The second-order valence-electron chi connectivity index (χ2n) is 8.46. The van der Waals surface area contributed by atoms with E-state index in [1.54, 1.807) is 37.3 Å². The van der Waals surface area contributed by atoms with Gasteiger partial charge >= 0.3 is 5.97 Å². The van der Waals surface area contributed by atoms with Crippen molar-refractivity contribution in [2.24, 2.45) is 5.10 Å². The van der Waals surface area contributed by atoms with Gasteiger partial charge in [0.2, 0.25) is 0 Å². The Morgan fingerprint density at radius 3 is 2.27 bits per heavy atom. The molecule has 0 aliphatic heterocycles. The van der Waals surface area contributed by atoms with E-state index in [9.17, 15) is 9.59 Å². The maximum atomic E-state index is 12.7. The first-order valence-corrected chi connectivity index (χ1v) is 11.9. The molecule has 5 aromatic carbocycles. The number of benzene rings is 5. The molecule has 0 aliphatic carbocycles. The predicted molar refractivity (Wildman–Crippen MR) is 145 cm³/mol. The van der Waals surface area contributed by atoms with Crippen molar-refractivity contribution in [1.82, 2.24) is 5.43 Å². The molecule has 5 aromatic rings. The Labute approximate surface area is 214 Å². The summed E-state index contributed by atoms with van der Waals surface area (Å²) < 4.78 is 11.5. The van der Waals surface area contributed by atoms with Crippen LogP contribution >= 0.6 is 0 Å². The van der Waals surface area contributed by atoms with Crippen molar-refractivity contribution in [1.29, 1.82) is 0 Å². The average Bonchev–Trinajstić information content (AvgIpc) is 2.94. The van der Waals surface area contributed by atoms with Crippen molar-refractivity contribution in [3.8, 4) is 11.5 Å². The van der Waals surface area contributed by atoms with Crippen molar-refractivity contribution in [2.75, 3.05) is 0 Å². The van der Waals surface area contributed by atoms with E-state index >= 15 is 0 Å². The Kier molecular flexibility index (Phi) is 6.90. The number of nitrogens with one attached hydrogen (secondary N) is 1. The largest absolute Gasteiger partial charge is 0.481 e. The molecule has 1 amide bonds. The molecule has 0 spiro atoms. The first-order chi connectivity index (χ1) is 18.1. The highest BCUT2D eigenvalue weighted by atomic mass is 16.5. The summed E-state index contributed by atoms with van der Waals surface area (Å²) in [5, 5.41) is 8.05. The fourth-order valence-corrected chi connectivity index (χ4v) is 3.98. The van der Waals surface area contributed by atoms with Crippen LogP contribution in [0.25, 0.3) is 21.5 Å². The number of hydrazone groups is 1. The van der Waals surface area contributed by atoms with Crippen molar-refractivity contribution < 1.29 is 19.1 Å². The first kappa shape index (κ1) is 23.8. The molecule has 6 heteroatoms. The number of ether oxygens (including phenoxy) is 2.